The predicted molar refractivity (Wildman–Crippen MR) is 128 cm³/mol. The van der Waals surface area contributed by atoms with Crippen molar-refractivity contribution in [1.82, 2.24) is 9.21 Å². The van der Waals surface area contributed by atoms with Crippen LogP contribution in [0.3, 0.4) is 0 Å². The fourth-order valence-corrected chi connectivity index (χ4v) is 4.92. The Hall–Kier alpha value is -2.40. The number of nitrogens with zero attached hydrogens (tertiary/aromatic N) is 2. The lowest BCUT2D eigenvalue weighted by Gasteiger charge is -2.26. The molecule has 1 aliphatic rings. The molecule has 0 atom stereocenters. The largest absolute Gasteiger partial charge is 0.493 e. The van der Waals surface area contributed by atoms with Crippen molar-refractivity contribution in [3.63, 3.8) is 0 Å². The number of morpholine rings is 1. The highest BCUT2D eigenvalue weighted by atomic mass is 32.2. The standard InChI is InChI=1S/C22H29N3O5S2/c1-24(11-10-17-4-9-20(28-2)21(16-17)29-3)22(31)23-18-5-7-19(8-6-18)32(26,27)25-12-14-30-15-13-25/h4-9,16H,10-15H2,1-3H3,(H,23,31). The van der Waals surface area contributed by atoms with E-state index in [1.807, 2.05) is 30.1 Å². The van der Waals surface area contributed by atoms with Gasteiger partial charge < -0.3 is 24.4 Å². The number of hydrogen-bond acceptors (Lipinski definition) is 6. The molecule has 174 valence electrons. The zero-order valence-corrected chi connectivity index (χ0v) is 20.2. The quantitative estimate of drug-likeness (QED) is 0.579. The number of likely N-dealkylation sites (N-methyl/N-ethyl adjacent to an activating group) is 1. The van der Waals surface area contributed by atoms with Gasteiger partial charge in [-0.3, -0.25) is 0 Å². The molecule has 2 aromatic carbocycles. The molecule has 0 bridgehead atoms. The fourth-order valence-electron chi connectivity index (χ4n) is 3.30. The lowest BCUT2D eigenvalue weighted by atomic mass is 10.1. The van der Waals surface area contributed by atoms with E-state index in [1.165, 1.54) is 4.31 Å². The van der Waals surface area contributed by atoms with Crippen molar-refractivity contribution in [2.24, 2.45) is 0 Å². The van der Waals surface area contributed by atoms with Crippen LogP contribution in [0.4, 0.5) is 5.69 Å². The molecular weight excluding hydrogens is 450 g/mol. The number of thiocarbonyl (C=S) groups is 1. The molecule has 0 aliphatic carbocycles. The van der Waals surface area contributed by atoms with Gasteiger partial charge in [-0.05, 0) is 60.6 Å². The molecule has 0 spiro atoms. The van der Waals surface area contributed by atoms with E-state index >= 15 is 0 Å². The Labute approximate surface area is 195 Å². The third-order valence-corrected chi connectivity index (χ3v) is 7.57. The Morgan fingerprint density at radius 1 is 1.09 bits per heavy atom. The van der Waals surface area contributed by atoms with E-state index in [2.05, 4.69) is 5.32 Å². The molecular formula is C22H29N3O5S2. The summed E-state index contributed by atoms with van der Waals surface area (Å²) in [5.74, 6) is 1.39. The first-order valence-electron chi connectivity index (χ1n) is 10.3. The highest BCUT2D eigenvalue weighted by molar-refractivity contribution is 7.89. The molecule has 0 unspecified atom stereocenters. The zero-order chi connectivity index (χ0) is 23.1. The summed E-state index contributed by atoms with van der Waals surface area (Å²) >= 11 is 5.50. The number of anilines is 1. The van der Waals surface area contributed by atoms with E-state index in [0.717, 1.165) is 17.7 Å². The Morgan fingerprint density at radius 2 is 1.75 bits per heavy atom. The first-order chi connectivity index (χ1) is 15.3. The number of nitrogens with one attached hydrogen (secondary N) is 1. The van der Waals surface area contributed by atoms with Crippen molar-refractivity contribution >= 4 is 33.0 Å². The van der Waals surface area contributed by atoms with Gasteiger partial charge in [-0.2, -0.15) is 4.31 Å². The van der Waals surface area contributed by atoms with Crippen LogP contribution in [0.15, 0.2) is 47.4 Å². The minimum absolute atomic E-state index is 0.262. The van der Waals surface area contributed by atoms with Crippen LogP contribution in [0, 0.1) is 0 Å². The van der Waals surface area contributed by atoms with Crippen molar-refractivity contribution in [1.29, 1.82) is 0 Å². The molecule has 10 heteroatoms. The summed E-state index contributed by atoms with van der Waals surface area (Å²) in [4.78, 5) is 2.20. The summed E-state index contributed by atoms with van der Waals surface area (Å²) in [5.41, 5.74) is 1.84. The van der Waals surface area contributed by atoms with Crippen molar-refractivity contribution in [2.75, 3.05) is 59.4 Å². The van der Waals surface area contributed by atoms with Crippen LogP contribution in [0.1, 0.15) is 5.56 Å². The Balaban J connectivity index is 1.56. The molecule has 0 aromatic heterocycles. The van der Waals surface area contributed by atoms with Crippen LogP contribution in [0.25, 0.3) is 0 Å². The van der Waals surface area contributed by atoms with Crippen LogP contribution in [0.5, 0.6) is 11.5 Å². The molecule has 1 aliphatic heterocycles. The smallest absolute Gasteiger partial charge is 0.243 e. The van der Waals surface area contributed by atoms with Gasteiger partial charge in [0.2, 0.25) is 10.0 Å². The lowest BCUT2D eigenvalue weighted by molar-refractivity contribution is 0.0730. The number of benzene rings is 2. The second kappa shape index (κ2) is 11.0. The van der Waals surface area contributed by atoms with Crippen molar-refractivity contribution in [2.45, 2.75) is 11.3 Å². The van der Waals surface area contributed by atoms with Crippen molar-refractivity contribution in [3.8, 4) is 11.5 Å². The van der Waals surface area contributed by atoms with Gasteiger partial charge in [0.1, 0.15) is 0 Å². The maximum Gasteiger partial charge on any atom is 0.243 e. The molecule has 0 radical (unpaired) electrons. The van der Waals surface area contributed by atoms with Gasteiger partial charge in [-0.25, -0.2) is 8.42 Å². The molecule has 32 heavy (non-hydrogen) atoms. The highest BCUT2D eigenvalue weighted by Gasteiger charge is 2.26. The van der Waals surface area contributed by atoms with Crippen LogP contribution in [-0.2, 0) is 21.2 Å². The third kappa shape index (κ3) is 5.89. The predicted octanol–water partition coefficient (Wildman–Crippen LogP) is 2.60. The molecule has 1 saturated heterocycles. The van der Waals surface area contributed by atoms with Gasteiger partial charge in [-0.1, -0.05) is 6.07 Å². The average molecular weight is 480 g/mol. The van der Waals surface area contributed by atoms with Crippen molar-refractivity contribution in [3.05, 3.63) is 48.0 Å². The van der Waals surface area contributed by atoms with E-state index < -0.39 is 10.0 Å². The van der Waals surface area contributed by atoms with Gasteiger partial charge in [-0.15, -0.1) is 0 Å². The van der Waals surface area contributed by atoms with Gasteiger partial charge >= 0.3 is 0 Å². The van der Waals surface area contributed by atoms with E-state index in [1.54, 1.807) is 38.5 Å². The molecule has 0 saturated carbocycles. The van der Waals surface area contributed by atoms with Gasteiger partial charge in [0, 0.05) is 32.4 Å². The highest BCUT2D eigenvalue weighted by Crippen LogP contribution is 2.27. The molecule has 1 N–H and O–H groups in total. The molecule has 8 nitrogen and oxygen atoms in total. The maximum absolute atomic E-state index is 12.7. The van der Waals surface area contributed by atoms with Gasteiger partial charge in [0.05, 0.1) is 32.3 Å². The van der Waals surface area contributed by atoms with Gasteiger partial charge in [0.25, 0.3) is 0 Å². The molecule has 3 rings (SSSR count). The minimum Gasteiger partial charge on any atom is -0.493 e. The number of rotatable bonds is 8. The second-order valence-corrected chi connectivity index (χ2v) is 9.66. The fraction of sp³-hybridized carbons (Fsp3) is 0.409. The number of methoxy groups -OCH3 is 2. The molecule has 2 aromatic rings. The number of sulfonamides is 1. The number of ether oxygens (including phenoxy) is 3. The van der Waals surface area contributed by atoms with E-state index in [9.17, 15) is 8.42 Å². The Kier molecular flexibility index (Phi) is 8.30. The van der Waals surface area contributed by atoms with Gasteiger partial charge in [0.15, 0.2) is 16.6 Å². The molecule has 1 heterocycles. The summed E-state index contributed by atoms with van der Waals surface area (Å²) in [5, 5.41) is 3.71. The monoisotopic (exact) mass is 479 g/mol. The van der Waals surface area contributed by atoms with Crippen LogP contribution in [-0.4, -0.2) is 76.9 Å². The Bertz CT molecular complexity index is 1020. The summed E-state index contributed by atoms with van der Waals surface area (Å²) in [6.45, 7) is 2.28. The van der Waals surface area contributed by atoms with Crippen LogP contribution >= 0.6 is 12.2 Å². The Morgan fingerprint density at radius 3 is 2.38 bits per heavy atom. The number of hydrogen-bond donors (Lipinski definition) is 1. The average Bonchev–Trinajstić information content (AvgIpc) is 2.83. The van der Waals surface area contributed by atoms with E-state index in [-0.39, 0.29) is 4.90 Å². The summed E-state index contributed by atoms with van der Waals surface area (Å²) in [6.07, 6.45) is 0.773. The normalized spacial score (nSPS) is 14.6. The van der Waals surface area contributed by atoms with E-state index in [0.29, 0.717) is 49.5 Å². The second-order valence-electron chi connectivity index (χ2n) is 7.33. The topological polar surface area (TPSA) is 80.3 Å². The first-order valence-corrected chi connectivity index (χ1v) is 12.1. The summed E-state index contributed by atoms with van der Waals surface area (Å²) in [7, 11) is 1.63. The third-order valence-electron chi connectivity index (χ3n) is 5.24. The van der Waals surface area contributed by atoms with Crippen LogP contribution < -0.4 is 14.8 Å². The van der Waals surface area contributed by atoms with E-state index in [4.69, 9.17) is 26.4 Å². The van der Waals surface area contributed by atoms with Crippen LogP contribution in [0.2, 0.25) is 0 Å². The molecule has 1 fully saturated rings. The SMILES string of the molecule is COc1ccc(CCN(C)C(=S)Nc2ccc(S(=O)(=O)N3CCOCC3)cc2)cc1OC. The first kappa shape index (κ1) is 24.2. The summed E-state index contributed by atoms with van der Waals surface area (Å²) in [6, 6.07) is 12.5. The van der Waals surface area contributed by atoms with Crippen molar-refractivity contribution < 1.29 is 22.6 Å². The summed E-state index contributed by atoms with van der Waals surface area (Å²) < 4.78 is 42.8. The molecule has 0 amide bonds. The maximum atomic E-state index is 12.7. The lowest BCUT2D eigenvalue weighted by Crippen LogP contribution is -2.40. The zero-order valence-electron chi connectivity index (χ0n) is 18.5. The minimum atomic E-state index is -3.51.